The van der Waals surface area contributed by atoms with Gasteiger partial charge in [0, 0.05) is 11.0 Å². The molecule has 0 bridgehead atoms. The van der Waals surface area contributed by atoms with Crippen LogP contribution in [0.2, 0.25) is 0 Å². The van der Waals surface area contributed by atoms with E-state index < -0.39 is 17.5 Å². The van der Waals surface area contributed by atoms with Gasteiger partial charge in [-0.3, -0.25) is 4.79 Å². The summed E-state index contributed by atoms with van der Waals surface area (Å²) in [6.45, 7) is 13.0. The molecule has 1 rings (SSSR count). The summed E-state index contributed by atoms with van der Waals surface area (Å²) in [5.74, 6) is -0.437. The van der Waals surface area contributed by atoms with Crippen molar-refractivity contribution in [3.05, 3.63) is 48.6 Å². The van der Waals surface area contributed by atoms with Gasteiger partial charge in [-0.15, -0.1) is 0 Å². The topological polar surface area (TPSA) is 43.4 Å². The number of ether oxygens (including phenoxy) is 1. The van der Waals surface area contributed by atoms with Crippen LogP contribution in [0.1, 0.15) is 33.6 Å². The highest BCUT2D eigenvalue weighted by Crippen LogP contribution is 2.28. The third-order valence-corrected chi connectivity index (χ3v) is 3.42. The van der Waals surface area contributed by atoms with Crippen molar-refractivity contribution in [1.29, 1.82) is 0 Å². The van der Waals surface area contributed by atoms with Gasteiger partial charge in [-0.1, -0.05) is 45.2 Å². The molecule has 3 nitrogen and oxygen atoms in total. The van der Waals surface area contributed by atoms with Crippen molar-refractivity contribution >= 4 is 11.8 Å². The smallest absolute Gasteiger partial charge is 0.334 e. The molecule has 0 amide bonds. The summed E-state index contributed by atoms with van der Waals surface area (Å²) < 4.78 is 5.42. The van der Waals surface area contributed by atoms with Crippen molar-refractivity contribution in [1.82, 2.24) is 0 Å². The van der Waals surface area contributed by atoms with Crippen LogP contribution in [0.4, 0.5) is 0 Å². The monoisotopic (exact) mass is 274 g/mol. The second kappa shape index (κ2) is 6.51. The molecule has 0 saturated carbocycles. The molecule has 0 unspecified atom stereocenters. The maximum Gasteiger partial charge on any atom is 0.334 e. The van der Waals surface area contributed by atoms with Gasteiger partial charge in [-0.2, -0.15) is 0 Å². The molecule has 20 heavy (non-hydrogen) atoms. The van der Waals surface area contributed by atoms with Crippen molar-refractivity contribution in [3.63, 3.8) is 0 Å². The zero-order valence-electron chi connectivity index (χ0n) is 12.4. The molecule has 1 heterocycles. The summed E-state index contributed by atoms with van der Waals surface area (Å²) >= 11 is 0. The van der Waals surface area contributed by atoms with Gasteiger partial charge in [0.1, 0.15) is 6.10 Å². The molecule has 0 N–H and O–H groups in total. The van der Waals surface area contributed by atoms with Crippen LogP contribution in [0.3, 0.4) is 0 Å². The first-order valence-electron chi connectivity index (χ1n) is 6.69. The molecule has 3 heteroatoms. The minimum absolute atomic E-state index is 0.0293. The quantitative estimate of drug-likeness (QED) is 0.417. The first-order chi connectivity index (χ1) is 9.27. The summed E-state index contributed by atoms with van der Waals surface area (Å²) in [5, 5.41) is 0. The Hall–Kier alpha value is -1.90. The van der Waals surface area contributed by atoms with Crippen molar-refractivity contribution < 1.29 is 14.3 Å². The van der Waals surface area contributed by atoms with Gasteiger partial charge in [0.15, 0.2) is 5.78 Å². The number of carbonyl (C=O) groups is 2. The maximum absolute atomic E-state index is 12.0. The number of carbonyl (C=O) groups excluding carboxylic acids is 2. The molecule has 1 aliphatic rings. The van der Waals surface area contributed by atoms with Gasteiger partial charge in [0.2, 0.25) is 0 Å². The number of ketones is 1. The Kier molecular flexibility index (Phi) is 5.26. The third-order valence-electron chi connectivity index (χ3n) is 3.42. The lowest BCUT2D eigenvalue weighted by Crippen LogP contribution is -2.31. The fourth-order valence-electron chi connectivity index (χ4n) is 1.88. The summed E-state index contributed by atoms with van der Waals surface area (Å²) in [6.07, 6.45) is 7.28. The largest absolute Gasteiger partial charge is 0.454 e. The number of allylic oxidation sites excluding steroid dienone is 3. The van der Waals surface area contributed by atoms with Crippen LogP contribution in [0.5, 0.6) is 0 Å². The number of rotatable bonds is 1. The average molecular weight is 274 g/mol. The summed E-state index contributed by atoms with van der Waals surface area (Å²) in [6, 6.07) is 0. The Morgan fingerprint density at radius 3 is 2.65 bits per heavy atom. The Morgan fingerprint density at radius 1 is 1.40 bits per heavy atom. The molecule has 0 aromatic heterocycles. The first kappa shape index (κ1) is 16.2. The van der Waals surface area contributed by atoms with Crippen molar-refractivity contribution in [2.45, 2.75) is 39.7 Å². The van der Waals surface area contributed by atoms with Crippen LogP contribution in [0.25, 0.3) is 0 Å². The van der Waals surface area contributed by atoms with Crippen LogP contribution >= 0.6 is 0 Å². The molecular weight excluding hydrogens is 252 g/mol. The normalized spacial score (nSPS) is 28.4. The van der Waals surface area contributed by atoms with Gasteiger partial charge in [0.05, 0.1) is 0 Å². The van der Waals surface area contributed by atoms with Crippen LogP contribution < -0.4 is 0 Å². The van der Waals surface area contributed by atoms with Crippen molar-refractivity contribution in [2.24, 2.45) is 5.41 Å². The lowest BCUT2D eigenvalue weighted by molar-refractivity contribution is -0.145. The molecule has 0 aromatic rings. The Labute approximate surface area is 120 Å². The van der Waals surface area contributed by atoms with Crippen LogP contribution in [0, 0.1) is 5.41 Å². The number of hydrogen-bond acceptors (Lipinski definition) is 3. The van der Waals surface area contributed by atoms with Gasteiger partial charge < -0.3 is 4.74 Å². The molecule has 1 atom stereocenters. The third kappa shape index (κ3) is 4.05. The van der Waals surface area contributed by atoms with E-state index in [1.54, 1.807) is 19.1 Å². The number of hydrogen-bond donors (Lipinski definition) is 0. The first-order valence-corrected chi connectivity index (χ1v) is 6.69. The molecule has 0 spiro atoms. The van der Waals surface area contributed by atoms with E-state index in [1.807, 2.05) is 19.9 Å². The maximum atomic E-state index is 12.0. The highest BCUT2D eigenvalue weighted by Gasteiger charge is 2.29. The zero-order chi connectivity index (χ0) is 15.3. The Bertz CT molecular complexity index is 492. The highest BCUT2D eigenvalue weighted by molar-refractivity contribution is 6.03. The van der Waals surface area contributed by atoms with Crippen LogP contribution in [-0.2, 0) is 14.3 Å². The van der Waals surface area contributed by atoms with E-state index in [-0.39, 0.29) is 5.78 Å². The summed E-state index contributed by atoms with van der Waals surface area (Å²) in [4.78, 5) is 23.9. The predicted octanol–water partition coefficient (Wildman–Crippen LogP) is 3.53. The predicted molar refractivity (Wildman–Crippen MR) is 80.1 cm³/mol. The minimum Gasteiger partial charge on any atom is -0.454 e. The van der Waals surface area contributed by atoms with E-state index in [4.69, 9.17) is 4.74 Å². The van der Waals surface area contributed by atoms with E-state index >= 15 is 0 Å². The molecular formula is C17H22O3. The van der Waals surface area contributed by atoms with Crippen LogP contribution in [0.15, 0.2) is 48.6 Å². The fraction of sp³-hybridized carbons (Fsp3) is 0.412. The van der Waals surface area contributed by atoms with Crippen LogP contribution in [-0.4, -0.2) is 17.9 Å². The second-order valence-corrected chi connectivity index (χ2v) is 5.61. The molecule has 108 valence electrons. The summed E-state index contributed by atoms with van der Waals surface area (Å²) in [5.41, 5.74) is 0.579. The molecule has 0 fully saturated rings. The van der Waals surface area contributed by atoms with Gasteiger partial charge >= 0.3 is 5.97 Å². The molecule has 1 aliphatic heterocycles. The van der Waals surface area contributed by atoms with E-state index in [0.29, 0.717) is 24.0 Å². The lowest BCUT2D eigenvalue weighted by Gasteiger charge is -2.29. The van der Waals surface area contributed by atoms with Crippen molar-refractivity contribution in [3.8, 4) is 0 Å². The van der Waals surface area contributed by atoms with Gasteiger partial charge in [0.25, 0.3) is 0 Å². The number of cyclic esters (lactones) is 1. The van der Waals surface area contributed by atoms with E-state index in [1.165, 1.54) is 6.08 Å². The van der Waals surface area contributed by atoms with Gasteiger partial charge in [-0.05, 0) is 31.4 Å². The zero-order valence-corrected chi connectivity index (χ0v) is 12.4. The fourth-order valence-corrected chi connectivity index (χ4v) is 1.88. The van der Waals surface area contributed by atoms with E-state index in [0.717, 1.165) is 0 Å². The second-order valence-electron chi connectivity index (χ2n) is 5.61. The Morgan fingerprint density at radius 2 is 2.05 bits per heavy atom. The molecule has 0 radical (unpaired) electrons. The molecule has 0 aliphatic carbocycles. The molecule has 0 aromatic carbocycles. The molecule has 0 saturated heterocycles. The standard InChI is InChI=1S/C17H22O3/c1-6-15-17(4,5)11-10-14(18)12(2)8-7-9-13(3)16(19)20-15/h6,8,10-11,15H,1,3,7,9H2,2,4-5H3/b11-10+,12-8-/t15-/m0/s1. The van der Waals surface area contributed by atoms with E-state index in [2.05, 4.69) is 13.2 Å². The Balaban J connectivity index is 3.15. The average Bonchev–Trinajstić information content (AvgIpc) is 2.40. The van der Waals surface area contributed by atoms with E-state index in [9.17, 15) is 9.59 Å². The number of esters is 1. The SMILES string of the molecule is C=C[C@@H]1OC(=O)C(=C)CC/C=C(/C)C(=O)/C=C/C1(C)C. The lowest BCUT2D eigenvalue weighted by atomic mass is 9.85. The highest BCUT2D eigenvalue weighted by atomic mass is 16.5. The van der Waals surface area contributed by atoms with Gasteiger partial charge in [-0.25, -0.2) is 4.79 Å². The minimum atomic E-state index is -0.507. The summed E-state index contributed by atoms with van der Waals surface area (Å²) in [7, 11) is 0. The van der Waals surface area contributed by atoms with Crippen molar-refractivity contribution in [2.75, 3.05) is 0 Å².